The van der Waals surface area contributed by atoms with Crippen molar-refractivity contribution in [3.8, 4) is 0 Å². The van der Waals surface area contributed by atoms with Crippen molar-refractivity contribution < 1.29 is 0 Å². The normalized spacial score (nSPS) is 11.5. The van der Waals surface area contributed by atoms with Gasteiger partial charge in [0.05, 0.1) is 5.69 Å². The van der Waals surface area contributed by atoms with Crippen LogP contribution in [0.15, 0.2) is 35.5 Å². The summed E-state index contributed by atoms with van der Waals surface area (Å²) in [6.07, 6.45) is 4.82. The lowest BCUT2D eigenvalue weighted by molar-refractivity contribution is 0.555. The average molecular weight is 496 g/mol. The van der Waals surface area contributed by atoms with Crippen LogP contribution in [0.5, 0.6) is 0 Å². The van der Waals surface area contributed by atoms with Crippen molar-refractivity contribution in [1.29, 1.82) is 0 Å². The number of hydrogen-bond donors (Lipinski definition) is 2. The van der Waals surface area contributed by atoms with Gasteiger partial charge in [0.1, 0.15) is 5.82 Å². The molecule has 152 valence electrons. The maximum Gasteiger partial charge on any atom is 0.190 e. The zero-order chi connectivity index (χ0) is 19.1. The first-order chi connectivity index (χ1) is 13.2. The Balaban J connectivity index is 0.00000280. The van der Waals surface area contributed by atoms with Gasteiger partial charge in [-0.3, -0.25) is 14.1 Å². The zero-order valence-corrected chi connectivity index (χ0v) is 19.1. The Kier molecular flexibility index (Phi) is 8.68. The van der Waals surface area contributed by atoms with E-state index in [1.54, 1.807) is 7.05 Å². The molecule has 3 aromatic heterocycles. The SMILES string of the molecule is CN=C(NCCCc1nnc2ccccn12)NCCCn1nc(C)cc1C.I. The molecule has 3 aromatic rings. The van der Waals surface area contributed by atoms with E-state index < -0.39 is 0 Å². The van der Waals surface area contributed by atoms with Gasteiger partial charge in [-0.15, -0.1) is 34.2 Å². The van der Waals surface area contributed by atoms with Crippen LogP contribution < -0.4 is 10.6 Å². The molecule has 0 aromatic carbocycles. The molecule has 9 heteroatoms. The molecular weight excluding hydrogens is 467 g/mol. The van der Waals surface area contributed by atoms with E-state index in [0.29, 0.717) is 0 Å². The molecule has 0 atom stereocenters. The molecule has 0 saturated heterocycles. The Morgan fingerprint density at radius 2 is 1.89 bits per heavy atom. The molecule has 0 bridgehead atoms. The second-order valence-electron chi connectivity index (χ2n) is 6.58. The number of guanidine groups is 1. The molecule has 28 heavy (non-hydrogen) atoms. The van der Waals surface area contributed by atoms with Gasteiger partial charge in [-0.25, -0.2) is 0 Å². The molecule has 3 rings (SSSR count). The first-order valence-corrected chi connectivity index (χ1v) is 9.41. The molecule has 0 unspecified atom stereocenters. The largest absolute Gasteiger partial charge is 0.356 e. The Hall–Kier alpha value is -2.17. The zero-order valence-electron chi connectivity index (χ0n) is 16.7. The highest BCUT2D eigenvalue weighted by atomic mass is 127. The summed E-state index contributed by atoms with van der Waals surface area (Å²) >= 11 is 0. The summed E-state index contributed by atoms with van der Waals surface area (Å²) in [5, 5.41) is 19.6. The van der Waals surface area contributed by atoms with Crippen LogP contribution in [-0.4, -0.2) is 50.5 Å². The lowest BCUT2D eigenvalue weighted by Gasteiger charge is -2.12. The Morgan fingerprint density at radius 3 is 2.61 bits per heavy atom. The molecule has 8 nitrogen and oxygen atoms in total. The predicted octanol–water partition coefficient (Wildman–Crippen LogP) is 2.35. The number of nitrogens with one attached hydrogen (secondary N) is 2. The molecular formula is C19H29IN8. The summed E-state index contributed by atoms with van der Waals surface area (Å²) in [5.74, 6) is 1.81. The fourth-order valence-electron chi connectivity index (χ4n) is 3.07. The first-order valence-electron chi connectivity index (χ1n) is 9.41. The van der Waals surface area contributed by atoms with Crippen LogP contribution in [0.25, 0.3) is 5.65 Å². The second-order valence-corrected chi connectivity index (χ2v) is 6.58. The molecule has 0 aliphatic rings. The number of rotatable bonds is 8. The molecule has 0 radical (unpaired) electrons. The van der Waals surface area contributed by atoms with Gasteiger partial charge in [-0.2, -0.15) is 5.10 Å². The lowest BCUT2D eigenvalue weighted by Crippen LogP contribution is -2.38. The number of nitrogens with zero attached hydrogens (tertiary/aromatic N) is 6. The predicted molar refractivity (Wildman–Crippen MR) is 122 cm³/mol. The highest BCUT2D eigenvalue weighted by molar-refractivity contribution is 14.0. The van der Waals surface area contributed by atoms with Crippen molar-refractivity contribution in [2.45, 2.75) is 39.7 Å². The van der Waals surface area contributed by atoms with Crippen molar-refractivity contribution in [1.82, 2.24) is 35.0 Å². The van der Waals surface area contributed by atoms with Gasteiger partial charge in [0, 0.05) is 45.0 Å². The third-order valence-electron chi connectivity index (χ3n) is 4.42. The average Bonchev–Trinajstić information content (AvgIpc) is 3.23. The number of hydrogen-bond acceptors (Lipinski definition) is 4. The minimum atomic E-state index is 0. The van der Waals surface area contributed by atoms with E-state index in [4.69, 9.17) is 0 Å². The standard InChI is InChI=1S/C19H28N8.HI/c1-15-14-16(2)27(25-15)13-7-11-22-19(20-3)21-10-6-9-18-24-23-17-8-4-5-12-26(17)18;/h4-5,8,12,14H,6-7,9-11,13H2,1-3H3,(H2,20,21,22);1H. The number of aromatic nitrogens is 5. The number of aliphatic imine (C=N–C) groups is 1. The van der Waals surface area contributed by atoms with Crippen LogP contribution in [-0.2, 0) is 13.0 Å². The summed E-state index contributed by atoms with van der Waals surface area (Å²) in [6.45, 7) is 6.71. The molecule has 0 saturated carbocycles. The highest BCUT2D eigenvalue weighted by Gasteiger charge is 2.05. The van der Waals surface area contributed by atoms with Crippen LogP contribution in [0.2, 0.25) is 0 Å². The monoisotopic (exact) mass is 496 g/mol. The van der Waals surface area contributed by atoms with Crippen molar-refractivity contribution in [2.24, 2.45) is 4.99 Å². The van der Waals surface area contributed by atoms with Gasteiger partial charge < -0.3 is 10.6 Å². The fourth-order valence-corrected chi connectivity index (χ4v) is 3.07. The maximum absolute atomic E-state index is 4.48. The van der Waals surface area contributed by atoms with Crippen molar-refractivity contribution in [2.75, 3.05) is 20.1 Å². The van der Waals surface area contributed by atoms with E-state index >= 15 is 0 Å². The summed E-state index contributed by atoms with van der Waals surface area (Å²) in [6, 6.07) is 8.04. The van der Waals surface area contributed by atoms with Gasteiger partial charge in [-0.1, -0.05) is 6.07 Å². The smallest absolute Gasteiger partial charge is 0.190 e. The second kappa shape index (κ2) is 11.0. The summed E-state index contributed by atoms with van der Waals surface area (Å²) < 4.78 is 4.09. The summed E-state index contributed by atoms with van der Waals surface area (Å²) in [7, 11) is 1.79. The van der Waals surface area contributed by atoms with Crippen LogP contribution in [0.3, 0.4) is 0 Å². The number of aryl methyl sites for hydroxylation is 4. The number of halogens is 1. The van der Waals surface area contributed by atoms with E-state index in [0.717, 1.165) is 62.0 Å². The Bertz CT molecular complexity index is 898. The molecule has 0 spiro atoms. The topological polar surface area (TPSA) is 84.4 Å². The quantitative estimate of drug-likeness (QED) is 0.217. The van der Waals surface area contributed by atoms with E-state index in [2.05, 4.69) is 48.6 Å². The minimum Gasteiger partial charge on any atom is -0.356 e. The number of pyridine rings is 1. The van der Waals surface area contributed by atoms with E-state index in [1.165, 1.54) is 5.69 Å². The van der Waals surface area contributed by atoms with E-state index in [1.807, 2.05) is 35.7 Å². The Labute approximate surface area is 182 Å². The van der Waals surface area contributed by atoms with E-state index in [-0.39, 0.29) is 24.0 Å². The summed E-state index contributed by atoms with van der Waals surface area (Å²) in [4.78, 5) is 4.28. The van der Waals surface area contributed by atoms with Crippen molar-refractivity contribution >= 4 is 35.6 Å². The van der Waals surface area contributed by atoms with Gasteiger partial charge >= 0.3 is 0 Å². The molecule has 0 amide bonds. The fraction of sp³-hybridized carbons (Fsp3) is 0.474. The van der Waals surface area contributed by atoms with Crippen LogP contribution in [0, 0.1) is 13.8 Å². The highest BCUT2D eigenvalue weighted by Crippen LogP contribution is 2.05. The summed E-state index contributed by atoms with van der Waals surface area (Å²) in [5.41, 5.74) is 3.16. The first kappa shape index (κ1) is 22.1. The molecule has 0 aliphatic heterocycles. The van der Waals surface area contributed by atoms with E-state index in [9.17, 15) is 0 Å². The van der Waals surface area contributed by atoms with Crippen molar-refractivity contribution in [3.05, 3.63) is 47.7 Å². The maximum atomic E-state index is 4.48. The minimum absolute atomic E-state index is 0. The van der Waals surface area contributed by atoms with Gasteiger partial charge in [0.2, 0.25) is 0 Å². The molecule has 0 aliphatic carbocycles. The third-order valence-corrected chi connectivity index (χ3v) is 4.42. The van der Waals surface area contributed by atoms with Gasteiger partial charge in [0.15, 0.2) is 11.6 Å². The Morgan fingerprint density at radius 1 is 1.11 bits per heavy atom. The number of fused-ring (bicyclic) bond motifs is 1. The van der Waals surface area contributed by atoms with Crippen LogP contribution >= 0.6 is 24.0 Å². The molecule has 3 heterocycles. The van der Waals surface area contributed by atoms with Crippen LogP contribution in [0.4, 0.5) is 0 Å². The third kappa shape index (κ3) is 5.91. The molecule has 2 N–H and O–H groups in total. The van der Waals surface area contributed by atoms with Crippen molar-refractivity contribution in [3.63, 3.8) is 0 Å². The van der Waals surface area contributed by atoms with Crippen LogP contribution in [0.1, 0.15) is 30.1 Å². The van der Waals surface area contributed by atoms with Gasteiger partial charge in [0.25, 0.3) is 0 Å². The lowest BCUT2D eigenvalue weighted by atomic mass is 10.3. The molecule has 0 fully saturated rings. The van der Waals surface area contributed by atoms with Gasteiger partial charge in [-0.05, 0) is 44.9 Å².